The Bertz CT molecular complexity index is 180. The molecular formula is F3O4PS. The zero-order valence-electron chi connectivity index (χ0n) is 3.62. The SMILES string of the molecule is O=P(F)(F)F.O=S(=O)=O. The predicted octanol–water partition coefficient (Wildman–Crippen LogP) is 0.999. The summed E-state index contributed by atoms with van der Waals surface area (Å²) in [5.41, 5.74) is 0. The Balaban J connectivity index is 0. The van der Waals surface area contributed by atoms with Gasteiger partial charge in [0, 0.05) is 0 Å². The van der Waals surface area contributed by atoms with Crippen LogP contribution < -0.4 is 0 Å². The Labute approximate surface area is 49.5 Å². The summed E-state index contributed by atoms with van der Waals surface area (Å²) in [5, 5.41) is 0. The molecule has 0 aliphatic rings. The molecule has 0 rings (SSSR count). The van der Waals surface area contributed by atoms with E-state index in [9.17, 15) is 12.6 Å². The fourth-order valence-corrected chi connectivity index (χ4v) is 0. The lowest BCUT2D eigenvalue weighted by Gasteiger charge is -1.68. The Hall–Kier alpha value is -0.360. The van der Waals surface area contributed by atoms with Crippen molar-refractivity contribution in [3.05, 3.63) is 0 Å². The highest BCUT2D eigenvalue weighted by Crippen LogP contribution is 2.50. The third-order valence-corrected chi connectivity index (χ3v) is 0. The van der Waals surface area contributed by atoms with Crippen molar-refractivity contribution >= 4 is 18.7 Å². The van der Waals surface area contributed by atoms with E-state index in [-0.39, 0.29) is 0 Å². The fourth-order valence-electron chi connectivity index (χ4n) is 0. The van der Waals surface area contributed by atoms with E-state index in [1.165, 1.54) is 0 Å². The standard InChI is InChI=1S/F3OP.O3S/c1-5(2,3)4;1-4(2)3. The first-order chi connectivity index (χ1) is 3.73. The topological polar surface area (TPSA) is 68.3 Å². The Morgan fingerprint density at radius 1 is 1.00 bits per heavy atom. The summed E-state index contributed by atoms with van der Waals surface area (Å²) in [5.74, 6) is 0. The molecule has 0 N–H and O–H groups in total. The maximum absolute atomic E-state index is 9.91. The molecule has 0 saturated carbocycles. The van der Waals surface area contributed by atoms with Gasteiger partial charge in [-0.05, 0) is 0 Å². The van der Waals surface area contributed by atoms with E-state index in [1.807, 2.05) is 0 Å². The van der Waals surface area contributed by atoms with E-state index in [0.29, 0.717) is 0 Å². The molecule has 0 aromatic rings. The molecule has 9 heavy (non-hydrogen) atoms. The van der Waals surface area contributed by atoms with Crippen molar-refractivity contribution in [1.82, 2.24) is 0 Å². The van der Waals surface area contributed by atoms with Crippen molar-refractivity contribution < 1.29 is 29.8 Å². The van der Waals surface area contributed by atoms with Gasteiger partial charge in [0.2, 0.25) is 0 Å². The molecule has 0 bridgehead atoms. The van der Waals surface area contributed by atoms with Gasteiger partial charge in [0.25, 0.3) is 0 Å². The van der Waals surface area contributed by atoms with Gasteiger partial charge in [-0.2, -0.15) is 0 Å². The molecule has 0 fully saturated rings. The van der Waals surface area contributed by atoms with Crippen LogP contribution in [0.4, 0.5) is 12.6 Å². The highest BCUT2D eigenvalue weighted by atomic mass is 32.2. The normalized spacial score (nSPS) is 9.22. The molecule has 0 saturated heterocycles. The van der Waals surface area contributed by atoms with Crippen LogP contribution >= 0.6 is 8.07 Å². The molecule has 0 atom stereocenters. The van der Waals surface area contributed by atoms with Gasteiger partial charge < -0.3 is 0 Å². The zero-order chi connectivity index (χ0) is 8.08. The fraction of sp³-hybridized carbons (Fsp3) is 0. The summed E-state index contributed by atoms with van der Waals surface area (Å²) >= 11 is 0. The van der Waals surface area contributed by atoms with Gasteiger partial charge in [0.1, 0.15) is 0 Å². The molecule has 0 unspecified atom stereocenters. The van der Waals surface area contributed by atoms with Gasteiger partial charge >= 0.3 is 18.7 Å². The van der Waals surface area contributed by atoms with Crippen LogP contribution in [0, 0.1) is 0 Å². The third kappa shape index (κ3) is 1880. The van der Waals surface area contributed by atoms with Crippen molar-refractivity contribution in [3.8, 4) is 0 Å². The molecule has 0 heterocycles. The summed E-state index contributed by atoms with van der Waals surface area (Å²) in [6.07, 6.45) is 0. The number of hydrogen-bond donors (Lipinski definition) is 0. The maximum atomic E-state index is 9.91. The molecule has 4 nitrogen and oxygen atoms in total. The van der Waals surface area contributed by atoms with Crippen LogP contribution in [-0.2, 0) is 15.2 Å². The maximum Gasteiger partial charge on any atom is 0.591 e. The average Bonchev–Trinajstić information content (AvgIpc) is 1.19. The lowest BCUT2D eigenvalue weighted by atomic mass is 15.9. The minimum atomic E-state index is -6.14. The smallest absolute Gasteiger partial charge is 0.215 e. The van der Waals surface area contributed by atoms with Crippen molar-refractivity contribution in [2.45, 2.75) is 0 Å². The predicted molar refractivity (Wildman–Crippen MR) is 20.6 cm³/mol. The lowest BCUT2D eigenvalue weighted by Crippen LogP contribution is -1.40. The molecule has 0 radical (unpaired) electrons. The highest BCUT2D eigenvalue weighted by Gasteiger charge is 2.13. The summed E-state index contributed by atoms with van der Waals surface area (Å²) in [6, 6.07) is 0. The van der Waals surface area contributed by atoms with Gasteiger partial charge in [0.15, 0.2) is 0 Å². The monoisotopic (exact) mass is 184 g/mol. The molecule has 0 aliphatic carbocycles. The number of hydrogen-bond acceptors (Lipinski definition) is 4. The molecule has 0 aromatic carbocycles. The minimum Gasteiger partial charge on any atom is -0.215 e. The van der Waals surface area contributed by atoms with Crippen molar-refractivity contribution in [2.24, 2.45) is 0 Å². The largest absolute Gasteiger partial charge is 0.591 e. The second-order valence-corrected chi connectivity index (χ2v) is 1.81. The summed E-state index contributed by atoms with van der Waals surface area (Å²) in [6.45, 7) is 0. The molecular weight excluding hydrogens is 184 g/mol. The van der Waals surface area contributed by atoms with Crippen LogP contribution in [0.1, 0.15) is 0 Å². The van der Waals surface area contributed by atoms with Crippen molar-refractivity contribution in [1.29, 1.82) is 0 Å². The van der Waals surface area contributed by atoms with Gasteiger partial charge in [-0.1, -0.05) is 0 Å². The molecule has 0 spiro atoms. The second-order valence-electron chi connectivity index (χ2n) is 0.603. The molecule has 56 valence electrons. The van der Waals surface area contributed by atoms with Crippen LogP contribution in [-0.4, -0.2) is 12.6 Å². The van der Waals surface area contributed by atoms with Crippen LogP contribution in [0.5, 0.6) is 0 Å². The summed E-state index contributed by atoms with van der Waals surface area (Å²) in [7, 11) is -9.25. The Morgan fingerprint density at radius 2 is 1.00 bits per heavy atom. The number of halogens is 3. The zero-order valence-corrected chi connectivity index (χ0v) is 5.33. The van der Waals surface area contributed by atoms with E-state index in [2.05, 4.69) is 0 Å². The molecule has 0 aromatic heterocycles. The summed E-state index contributed by atoms with van der Waals surface area (Å²) < 4.78 is 63.3. The Morgan fingerprint density at radius 3 is 1.00 bits per heavy atom. The van der Waals surface area contributed by atoms with Gasteiger partial charge in [0.05, 0.1) is 0 Å². The van der Waals surface area contributed by atoms with Crippen LogP contribution in [0.2, 0.25) is 0 Å². The van der Waals surface area contributed by atoms with E-state index in [1.54, 1.807) is 0 Å². The van der Waals surface area contributed by atoms with Gasteiger partial charge in [-0.3, -0.25) is 0 Å². The first-order valence-electron chi connectivity index (χ1n) is 1.19. The van der Waals surface area contributed by atoms with E-state index >= 15 is 0 Å². The van der Waals surface area contributed by atoms with E-state index < -0.39 is 18.7 Å². The first kappa shape index (κ1) is 11.4. The van der Waals surface area contributed by atoms with Crippen molar-refractivity contribution in [2.75, 3.05) is 0 Å². The highest BCUT2D eigenvalue weighted by molar-refractivity contribution is 7.59. The van der Waals surface area contributed by atoms with Crippen LogP contribution in [0.15, 0.2) is 0 Å². The summed E-state index contributed by atoms with van der Waals surface area (Å²) in [4.78, 5) is 0. The molecule has 9 heteroatoms. The van der Waals surface area contributed by atoms with E-state index in [4.69, 9.17) is 17.2 Å². The van der Waals surface area contributed by atoms with E-state index in [0.717, 1.165) is 0 Å². The first-order valence-corrected chi connectivity index (χ1v) is 3.57. The number of rotatable bonds is 0. The third-order valence-electron chi connectivity index (χ3n) is 0. The van der Waals surface area contributed by atoms with Crippen LogP contribution in [0.3, 0.4) is 0 Å². The lowest BCUT2D eigenvalue weighted by molar-refractivity contribution is 0.440. The average molecular weight is 184 g/mol. The second kappa shape index (κ2) is 4.51. The van der Waals surface area contributed by atoms with Gasteiger partial charge in [-0.25, -0.2) is 4.57 Å². The van der Waals surface area contributed by atoms with Crippen molar-refractivity contribution in [3.63, 3.8) is 0 Å². The van der Waals surface area contributed by atoms with Gasteiger partial charge in [-0.15, -0.1) is 25.2 Å². The Kier molecular flexibility index (Phi) is 5.73. The minimum absolute atomic E-state index is 3.11. The quantitative estimate of drug-likeness (QED) is 0.526. The molecule has 0 amide bonds. The van der Waals surface area contributed by atoms with Crippen LogP contribution in [0.25, 0.3) is 0 Å². The molecule has 0 aliphatic heterocycles.